The molecule has 1 amide bonds. The first-order chi connectivity index (χ1) is 13.6. The Balaban J connectivity index is 1.34. The Morgan fingerprint density at radius 1 is 1.29 bits per heavy atom. The molecule has 4 rings (SSSR count). The third kappa shape index (κ3) is 4.18. The molecule has 0 unspecified atom stereocenters. The average Bonchev–Trinajstić information content (AvgIpc) is 3.33. The predicted molar refractivity (Wildman–Crippen MR) is 103 cm³/mol. The van der Waals surface area contributed by atoms with E-state index < -0.39 is 0 Å². The van der Waals surface area contributed by atoms with Crippen LogP contribution < -0.4 is 10.2 Å². The Kier molecular flexibility index (Phi) is 5.59. The largest absolute Gasteiger partial charge is 0.375 e. The topological polar surface area (TPSA) is 62.6 Å². The van der Waals surface area contributed by atoms with Gasteiger partial charge in [-0.15, -0.1) is 0 Å². The molecule has 1 N–H and O–H groups in total. The average molecular weight is 387 g/mol. The molecule has 8 heteroatoms. The van der Waals surface area contributed by atoms with E-state index in [2.05, 4.69) is 26.3 Å². The van der Waals surface area contributed by atoms with Crippen molar-refractivity contribution in [2.24, 2.45) is 0 Å². The van der Waals surface area contributed by atoms with Gasteiger partial charge in [0.2, 0.25) is 5.91 Å². The number of rotatable bonds is 6. The predicted octanol–water partition coefficient (Wildman–Crippen LogP) is 1.38. The molecule has 1 aromatic carbocycles. The van der Waals surface area contributed by atoms with E-state index in [1.807, 2.05) is 16.8 Å². The number of aromatic nitrogens is 2. The second-order valence-corrected chi connectivity index (χ2v) is 7.40. The minimum atomic E-state index is -0.196. The Bertz CT molecular complexity index is 823. The molecule has 150 valence electrons. The van der Waals surface area contributed by atoms with Gasteiger partial charge in [-0.25, -0.2) is 4.39 Å². The van der Waals surface area contributed by atoms with Crippen LogP contribution in [-0.2, 0) is 29.2 Å². The summed E-state index contributed by atoms with van der Waals surface area (Å²) in [5.41, 5.74) is 3.14. The molecule has 0 spiro atoms. The van der Waals surface area contributed by atoms with Crippen LogP contribution in [0.25, 0.3) is 0 Å². The van der Waals surface area contributed by atoms with E-state index >= 15 is 0 Å². The lowest BCUT2D eigenvalue weighted by molar-refractivity contribution is -0.124. The summed E-state index contributed by atoms with van der Waals surface area (Å²) >= 11 is 0. The number of ether oxygens (including phenoxy) is 1. The number of halogens is 1. The molecule has 2 aliphatic rings. The Labute approximate surface area is 164 Å². The van der Waals surface area contributed by atoms with Crippen LogP contribution in [0, 0.1) is 5.82 Å². The van der Waals surface area contributed by atoms with E-state index in [1.165, 1.54) is 24.9 Å². The summed E-state index contributed by atoms with van der Waals surface area (Å²) < 4.78 is 20.0. The monoisotopic (exact) mass is 387 g/mol. The van der Waals surface area contributed by atoms with Crippen LogP contribution in [0.2, 0.25) is 0 Å². The number of fused-ring (bicyclic) bond motifs is 1. The fraction of sp³-hybridized carbons (Fsp3) is 0.500. The maximum absolute atomic E-state index is 13.2. The normalized spacial score (nSPS) is 19.6. The van der Waals surface area contributed by atoms with E-state index in [4.69, 9.17) is 4.74 Å². The molecule has 0 radical (unpaired) electrons. The Morgan fingerprint density at radius 2 is 2.11 bits per heavy atom. The van der Waals surface area contributed by atoms with Gasteiger partial charge in [-0.1, -0.05) is 0 Å². The van der Waals surface area contributed by atoms with Crippen LogP contribution >= 0.6 is 0 Å². The zero-order valence-corrected chi connectivity index (χ0v) is 16.1. The molecule has 1 aromatic heterocycles. The van der Waals surface area contributed by atoms with Gasteiger partial charge in [0.1, 0.15) is 12.4 Å². The van der Waals surface area contributed by atoms with E-state index in [9.17, 15) is 9.18 Å². The zero-order valence-electron chi connectivity index (χ0n) is 16.1. The molecule has 0 bridgehead atoms. The fourth-order valence-electron chi connectivity index (χ4n) is 4.04. The van der Waals surface area contributed by atoms with E-state index in [0.717, 1.165) is 50.5 Å². The number of nitrogens with zero attached hydrogens (tertiary/aromatic N) is 4. The molecule has 1 fully saturated rings. The highest BCUT2D eigenvalue weighted by atomic mass is 19.1. The van der Waals surface area contributed by atoms with Gasteiger partial charge < -0.3 is 15.0 Å². The molecule has 2 aliphatic heterocycles. The van der Waals surface area contributed by atoms with Crippen molar-refractivity contribution >= 4 is 11.6 Å². The van der Waals surface area contributed by atoms with Gasteiger partial charge in [0, 0.05) is 45.0 Å². The van der Waals surface area contributed by atoms with Crippen molar-refractivity contribution in [1.29, 1.82) is 0 Å². The number of hydrogen-bond donors (Lipinski definition) is 1. The second kappa shape index (κ2) is 8.28. The molecule has 3 heterocycles. The van der Waals surface area contributed by atoms with Gasteiger partial charge >= 0.3 is 0 Å². The van der Waals surface area contributed by atoms with Crippen molar-refractivity contribution in [1.82, 2.24) is 20.0 Å². The van der Waals surface area contributed by atoms with Crippen LogP contribution in [0.15, 0.2) is 30.3 Å². The van der Waals surface area contributed by atoms with Crippen molar-refractivity contribution < 1.29 is 13.9 Å². The summed E-state index contributed by atoms with van der Waals surface area (Å²) in [6.07, 6.45) is 1.10. The highest BCUT2D eigenvalue weighted by Crippen LogP contribution is 2.26. The molecule has 28 heavy (non-hydrogen) atoms. The van der Waals surface area contributed by atoms with E-state index in [0.29, 0.717) is 12.6 Å². The first kappa shape index (κ1) is 18.9. The Hall–Kier alpha value is -2.45. The van der Waals surface area contributed by atoms with Crippen molar-refractivity contribution in [3.63, 3.8) is 0 Å². The smallest absolute Gasteiger partial charge is 0.246 e. The highest BCUT2D eigenvalue weighted by molar-refractivity contribution is 5.77. The number of amides is 1. The number of hydrogen-bond acceptors (Lipinski definition) is 5. The summed E-state index contributed by atoms with van der Waals surface area (Å²) in [6.45, 7) is 5.11. The van der Waals surface area contributed by atoms with Crippen LogP contribution in [0.1, 0.15) is 17.8 Å². The molecule has 2 aromatic rings. The van der Waals surface area contributed by atoms with Gasteiger partial charge in [-0.2, -0.15) is 5.10 Å². The first-order valence-electron chi connectivity index (χ1n) is 9.68. The van der Waals surface area contributed by atoms with Crippen LogP contribution in [0.4, 0.5) is 10.1 Å². The van der Waals surface area contributed by atoms with Crippen molar-refractivity contribution in [2.75, 3.05) is 38.3 Å². The lowest BCUT2D eigenvalue weighted by atomic mass is 10.2. The van der Waals surface area contributed by atoms with E-state index in [1.54, 1.807) is 0 Å². The van der Waals surface area contributed by atoms with Crippen molar-refractivity contribution in [3.8, 4) is 0 Å². The standard InChI is InChI=1S/C20H26FN5O2/c1-28-14-20(27)22-11-16-10-19-13-25(8-9-26(19)23-16)18-6-7-24(12-18)17-4-2-15(21)3-5-17/h2-5,10,18H,6-9,11-14H2,1H3,(H,22,27)/t18-/m1/s1. The molecule has 0 saturated carbocycles. The van der Waals surface area contributed by atoms with Crippen LogP contribution in [-0.4, -0.2) is 60.0 Å². The number of benzene rings is 1. The summed E-state index contributed by atoms with van der Waals surface area (Å²) in [6, 6.07) is 9.31. The quantitative estimate of drug-likeness (QED) is 0.812. The maximum atomic E-state index is 13.2. The molecular weight excluding hydrogens is 361 g/mol. The van der Waals surface area contributed by atoms with Gasteiger partial charge in [0.15, 0.2) is 0 Å². The van der Waals surface area contributed by atoms with Crippen molar-refractivity contribution in [3.05, 3.63) is 47.5 Å². The van der Waals surface area contributed by atoms with Crippen molar-refractivity contribution in [2.45, 2.75) is 32.1 Å². The number of carbonyl (C=O) groups excluding carboxylic acids is 1. The van der Waals surface area contributed by atoms with Gasteiger partial charge in [0.25, 0.3) is 0 Å². The Morgan fingerprint density at radius 3 is 2.89 bits per heavy atom. The van der Waals surface area contributed by atoms with Crippen LogP contribution in [0.5, 0.6) is 0 Å². The highest BCUT2D eigenvalue weighted by Gasteiger charge is 2.30. The molecule has 0 aliphatic carbocycles. The minimum Gasteiger partial charge on any atom is -0.375 e. The lowest BCUT2D eigenvalue weighted by Gasteiger charge is -2.32. The fourth-order valence-corrected chi connectivity index (χ4v) is 4.04. The first-order valence-corrected chi connectivity index (χ1v) is 9.68. The molecular formula is C20H26FN5O2. The van der Waals surface area contributed by atoms with Gasteiger partial charge in [-0.3, -0.25) is 14.4 Å². The minimum absolute atomic E-state index is 0.0631. The summed E-state index contributed by atoms with van der Waals surface area (Å²) in [5.74, 6) is -0.333. The third-order valence-corrected chi connectivity index (χ3v) is 5.49. The number of nitrogens with one attached hydrogen (secondary N) is 1. The molecule has 7 nitrogen and oxygen atoms in total. The third-order valence-electron chi connectivity index (χ3n) is 5.49. The number of carbonyl (C=O) groups is 1. The van der Waals surface area contributed by atoms with Gasteiger partial charge in [0.05, 0.1) is 24.5 Å². The van der Waals surface area contributed by atoms with Crippen LogP contribution in [0.3, 0.4) is 0 Å². The number of anilines is 1. The summed E-state index contributed by atoms with van der Waals surface area (Å²) in [4.78, 5) is 16.4. The molecule has 1 saturated heterocycles. The maximum Gasteiger partial charge on any atom is 0.246 e. The summed E-state index contributed by atoms with van der Waals surface area (Å²) in [5, 5.41) is 7.42. The summed E-state index contributed by atoms with van der Waals surface area (Å²) in [7, 11) is 1.50. The zero-order chi connectivity index (χ0) is 19.5. The number of methoxy groups -OCH3 is 1. The van der Waals surface area contributed by atoms with Gasteiger partial charge in [-0.05, 0) is 36.8 Å². The SMILES string of the molecule is COCC(=O)NCc1cc2n(n1)CCN([C@@H]1CCN(c3ccc(F)cc3)C1)C2. The van der Waals surface area contributed by atoms with E-state index in [-0.39, 0.29) is 18.3 Å². The second-order valence-electron chi connectivity index (χ2n) is 7.40. The lowest BCUT2D eigenvalue weighted by Crippen LogP contribution is -2.42. The molecule has 1 atom stereocenters.